The van der Waals surface area contributed by atoms with E-state index in [1.54, 1.807) is 18.5 Å². The summed E-state index contributed by atoms with van der Waals surface area (Å²) >= 11 is 0. The summed E-state index contributed by atoms with van der Waals surface area (Å²) in [5.74, 6) is 0.728. The highest BCUT2D eigenvalue weighted by atomic mass is 16.5. The molecule has 0 aliphatic carbocycles. The Morgan fingerprint density at radius 1 is 1.29 bits per heavy atom. The molecular weight excluding hydrogens is 216 g/mol. The van der Waals surface area contributed by atoms with Crippen LogP contribution in [0.1, 0.15) is 11.1 Å². The van der Waals surface area contributed by atoms with E-state index < -0.39 is 0 Å². The van der Waals surface area contributed by atoms with Gasteiger partial charge in [-0.3, -0.25) is 4.98 Å². The van der Waals surface area contributed by atoms with Gasteiger partial charge >= 0.3 is 0 Å². The SMILES string of the molecule is ON=Cc1cccc(OCc2cccnc2)c1. The highest BCUT2D eigenvalue weighted by Crippen LogP contribution is 2.13. The van der Waals surface area contributed by atoms with Gasteiger partial charge in [0, 0.05) is 18.0 Å². The molecule has 0 unspecified atom stereocenters. The predicted octanol–water partition coefficient (Wildman–Crippen LogP) is 2.47. The van der Waals surface area contributed by atoms with Gasteiger partial charge in [0.1, 0.15) is 12.4 Å². The van der Waals surface area contributed by atoms with E-state index in [0.29, 0.717) is 6.61 Å². The Morgan fingerprint density at radius 2 is 2.24 bits per heavy atom. The van der Waals surface area contributed by atoms with Gasteiger partial charge in [-0.2, -0.15) is 0 Å². The molecule has 0 saturated heterocycles. The van der Waals surface area contributed by atoms with Crippen molar-refractivity contribution in [2.75, 3.05) is 0 Å². The Labute approximate surface area is 99.2 Å². The molecule has 1 aromatic carbocycles. The molecule has 1 aromatic heterocycles. The van der Waals surface area contributed by atoms with Crippen molar-refractivity contribution >= 4 is 6.21 Å². The van der Waals surface area contributed by atoms with Crippen molar-refractivity contribution in [2.45, 2.75) is 6.61 Å². The summed E-state index contributed by atoms with van der Waals surface area (Å²) in [5, 5.41) is 11.4. The first-order valence-corrected chi connectivity index (χ1v) is 5.18. The average Bonchev–Trinajstić information content (AvgIpc) is 2.39. The van der Waals surface area contributed by atoms with Crippen LogP contribution in [0.3, 0.4) is 0 Å². The van der Waals surface area contributed by atoms with Crippen molar-refractivity contribution in [3.63, 3.8) is 0 Å². The molecule has 0 bridgehead atoms. The maximum Gasteiger partial charge on any atom is 0.120 e. The van der Waals surface area contributed by atoms with Gasteiger partial charge in [0.25, 0.3) is 0 Å². The van der Waals surface area contributed by atoms with Gasteiger partial charge in [0.05, 0.1) is 6.21 Å². The van der Waals surface area contributed by atoms with Gasteiger partial charge in [-0.15, -0.1) is 0 Å². The minimum Gasteiger partial charge on any atom is -0.489 e. The van der Waals surface area contributed by atoms with Crippen molar-refractivity contribution in [2.24, 2.45) is 5.16 Å². The van der Waals surface area contributed by atoms with Crippen LogP contribution in [0, 0.1) is 0 Å². The van der Waals surface area contributed by atoms with Crippen LogP contribution in [0.15, 0.2) is 53.9 Å². The summed E-state index contributed by atoms with van der Waals surface area (Å²) in [4.78, 5) is 4.01. The van der Waals surface area contributed by atoms with E-state index in [2.05, 4.69) is 10.1 Å². The second kappa shape index (κ2) is 5.65. The lowest BCUT2D eigenvalue weighted by atomic mass is 10.2. The lowest BCUT2D eigenvalue weighted by Crippen LogP contribution is -1.96. The Hall–Kier alpha value is -2.36. The maximum absolute atomic E-state index is 8.44. The molecule has 0 spiro atoms. The molecule has 4 heteroatoms. The normalized spacial score (nSPS) is 10.6. The second-order valence-corrected chi connectivity index (χ2v) is 3.47. The first kappa shape index (κ1) is 11.1. The first-order chi connectivity index (χ1) is 8.38. The van der Waals surface area contributed by atoms with Crippen LogP contribution >= 0.6 is 0 Å². The number of rotatable bonds is 4. The number of aromatic nitrogens is 1. The summed E-state index contributed by atoms with van der Waals surface area (Å²) in [5.41, 5.74) is 1.80. The Bertz CT molecular complexity index is 498. The zero-order chi connectivity index (χ0) is 11.9. The van der Waals surface area contributed by atoms with Gasteiger partial charge in [-0.1, -0.05) is 23.4 Å². The van der Waals surface area contributed by atoms with E-state index in [1.165, 1.54) is 6.21 Å². The fourth-order valence-electron chi connectivity index (χ4n) is 1.40. The maximum atomic E-state index is 8.44. The molecule has 1 heterocycles. The Morgan fingerprint density at radius 3 is 3.00 bits per heavy atom. The van der Waals surface area contributed by atoms with Crippen LogP contribution in [0.2, 0.25) is 0 Å². The van der Waals surface area contributed by atoms with E-state index in [0.717, 1.165) is 16.9 Å². The molecular formula is C13H12N2O2. The number of pyridine rings is 1. The molecule has 17 heavy (non-hydrogen) atoms. The van der Waals surface area contributed by atoms with E-state index >= 15 is 0 Å². The fourth-order valence-corrected chi connectivity index (χ4v) is 1.40. The third kappa shape index (κ3) is 3.31. The van der Waals surface area contributed by atoms with Crippen LogP contribution < -0.4 is 4.74 Å². The number of hydrogen-bond acceptors (Lipinski definition) is 4. The molecule has 1 N–H and O–H groups in total. The molecule has 4 nitrogen and oxygen atoms in total. The van der Waals surface area contributed by atoms with Crippen LogP contribution in [-0.2, 0) is 6.61 Å². The summed E-state index contributed by atoms with van der Waals surface area (Å²) < 4.78 is 5.60. The van der Waals surface area contributed by atoms with Crippen LogP contribution in [0.4, 0.5) is 0 Å². The summed E-state index contributed by atoms with van der Waals surface area (Å²) in [7, 11) is 0. The Balaban J connectivity index is 2.02. The number of benzene rings is 1. The Kier molecular flexibility index (Phi) is 3.70. The topological polar surface area (TPSA) is 54.7 Å². The van der Waals surface area contributed by atoms with E-state index in [1.807, 2.05) is 30.3 Å². The smallest absolute Gasteiger partial charge is 0.120 e. The summed E-state index contributed by atoms with van der Waals surface area (Å²) in [6.45, 7) is 0.466. The lowest BCUT2D eigenvalue weighted by molar-refractivity contribution is 0.305. The first-order valence-electron chi connectivity index (χ1n) is 5.18. The van der Waals surface area contributed by atoms with E-state index in [4.69, 9.17) is 9.94 Å². The summed E-state index contributed by atoms with van der Waals surface area (Å²) in [6.07, 6.45) is 4.85. The lowest BCUT2D eigenvalue weighted by Gasteiger charge is -2.06. The second-order valence-electron chi connectivity index (χ2n) is 3.47. The quantitative estimate of drug-likeness (QED) is 0.497. The van der Waals surface area contributed by atoms with E-state index in [-0.39, 0.29) is 0 Å². The van der Waals surface area contributed by atoms with Gasteiger partial charge in [-0.25, -0.2) is 0 Å². The fraction of sp³-hybridized carbons (Fsp3) is 0.0769. The van der Waals surface area contributed by atoms with Crippen LogP contribution in [-0.4, -0.2) is 16.4 Å². The molecule has 2 aromatic rings. The zero-order valence-corrected chi connectivity index (χ0v) is 9.15. The van der Waals surface area contributed by atoms with Gasteiger partial charge in [0.2, 0.25) is 0 Å². The molecule has 86 valence electrons. The third-order valence-corrected chi connectivity index (χ3v) is 2.19. The van der Waals surface area contributed by atoms with Gasteiger partial charge in [0.15, 0.2) is 0 Å². The minimum atomic E-state index is 0.466. The van der Waals surface area contributed by atoms with Crippen molar-refractivity contribution in [3.05, 3.63) is 59.9 Å². The van der Waals surface area contributed by atoms with Crippen LogP contribution in [0.5, 0.6) is 5.75 Å². The third-order valence-electron chi connectivity index (χ3n) is 2.19. The van der Waals surface area contributed by atoms with E-state index in [9.17, 15) is 0 Å². The number of oxime groups is 1. The van der Waals surface area contributed by atoms with Crippen molar-refractivity contribution < 1.29 is 9.94 Å². The molecule has 0 saturated carbocycles. The monoisotopic (exact) mass is 228 g/mol. The molecule has 0 aliphatic heterocycles. The van der Waals surface area contributed by atoms with Crippen molar-refractivity contribution in [1.82, 2.24) is 4.98 Å². The van der Waals surface area contributed by atoms with Crippen molar-refractivity contribution in [3.8, 4) is 5.75 Å². The molecule has 0 fully saturated rings. The average molecular weight is 228 g/mol. The number of ether oxygens (including phenoxy) is 1. The van der Waals surface area contributed by atoms with Gasteiger partial charge in [-0.05, 0) is 23.8 Å². The predicted molar refractivity (Wildman–Crippen MR) is 64.4 cm³/mol. The highest BCUT2D eigenvalue weighted by Gasteiger charge is 1.97. The zero-order valence-electron chi connectivity index (χ0n) is 9.15. The number of nitrogens with zero attached hydrogens (tertiary/aromatic N) is 2. The standard InChI is InChI=1S/C13H12N2O2/c16-15-9-11-3-1-5-13(7-11)17-10-12-4-2-6-14-8-12/h1-9,16H,10H2. The number of hydrogen-bond donors (Lipinski definition) is 1. The van der Waals surface area contributed by atoms with Crippen LogP contribution in [0.25, 0.3) is 0 Å². The molecule has 0 aliphatic rings. The molecule has 0 atom stereocenters. The highest BCUT2D eigenvalue weighted by molar-refractivity contribution is 5.79. The molecule has 2 rings (SSSR count). The van der Waals surface area contributed by atoms with Crippen molar-refractivity contribution in [1.29, 1.82) is 0 Å². The van der Waals surface area contributed by atoms with Gasteiger partial charge < -0.3 is 9.94 Å². The molecule has 0 amide bonds. The minimum absolute atomic E-state index is 0.466. The summed E-state index contributed by atoms with van der Waals surface area (Å²) in [6, 6.07) is 11.1. The largest absolute Gasteiger partial charge is 0.489 e. The molecule has 0 radical (unpaired) electrons.